The van der Waals surface area contributed by atoms with Gasteiger partial charge in [-0.15, -0.1) is 12.4 Å². The van der Waals surface area contributed by atoms with E-state index in [0.717, 1.165) is 6.42 Å². The number of carbonyl (C=O) groups is 1. The van der Waals surface area contributed by atoms with Crippen LogP contribution >= 0.6 is 24.0 Å². The minimum Gasteiger partial charge on any atom is -0.484 e. The van der Waals surface area contributed by atoms with Gasteiger partial charge in [0.15, 0.2) is 6.61 Å². The SMILES string of the molecule is CN(C(=O)COc1ccc(Cl)cc1)[C@@H]1CCCC[C@H]1N1CCCC1.Cl. The highest BCUT2D eigenvalue weighted by Gasteiger charge is 2.35. The summed E-state index contributed by atoms with van der Waals surface area (Å²) in [5, 5.41) is 0.668. The third-order valence-electron chi connectivity index (χ3n) is 5.37. The minimum absolute atomic E-state index is 0. The van der Waals surface area contributed by atoms with Gasteiger partial charge in [0, 0.05) is 24.2 Å². The van der Waals surface area contributed by atoms with E-state index in [0.29, 0.717) is 22.9 Å². The number of hydrogen-bond acceptors (Lipinski definition) is 3. The molecule has 2 aliphatic rings. The predicted molar refractivity (Wildman–Crippen MR) is 104 cm³/mol. The Morgan fingerprint density at radius 1 is 1.16 bits per heavy atom. The molecule has 0 spiro atoms. The summed E-state index contributed by atoms with van der Waals surface area (Å²) < 4.78 is 5.63. The summed E-state index contributed by atoms with van der Waals surface area (Å²) in [5.41, 5.74) is 0. The molecule has 0 N–H and O–H groups in total. The molecule has 6 heteroatoms. The van der Waals surface area contributed by atoms with E-state index in [1.165, 1.54) is 45.2 Å². The second-order valence-electron chi connectivity index (χ2n) is 6.91. The van der Waals surface area contributed by atoms with Gasteiger partial charge >= 0.3 is 0 Å². The molecule has 1 aliphatic heterocycles. The summed E-state index contributed by atoms with van der Waals surface area (Å²) in [4.78, 5) is 17.1. The quantitative estimate of drug-likeness (QED) is 0.766. The van der Waals surface area contributed by atoms with E-state index in [4.69, 9.17) is 16.3 Å². The van der Waals surface area contributed by atoms with Crippen LogP contribution in [-0.2, 0) is 4.79 Å². The number of likely N-dealkylation sites (tertiary alicyclic amines) is 1. The Labute approximate surface area is 161 Å². The van der Waals surface area contributed by atoms with Gasteiger partial charge in [0.2, 0.25) is 0 Å². The van der Waals surface area contributed by atoms with Crippen molar-refractivity contribution in [1.29, 1.82) is 0 Å². The van der Waals surface area contributed by atoms with Crippen LogP contribution in [0.5, 0.6) is 5.75 Å². The Balaban J connectivity index is 0.00000225. The molecular formula is C19H28Cl2N2O2. The van der Waals surface area contributed by atoms with Crippen molar-refractivity contribution in [2.45, 2.75) is 50.6 Å². The van der Waals surface area contributed by atoms with Crippen molar-refractivity contribution in [3.8, 4) is 5.75 Å². The molecule has 1 aromatic carbocycles. The lowest BCUT2D eigenvalue weighted by Gasteiger charge is -2.42. The van der Waals surface area contributed by atoms with Gasteiger partial charge in [0.1, 0.15) is 5.75 Å². The smallest absolute Gasteiger partial charge is 0.260 e. The van der Waals surface area contributed by atoms with Crippen LogP contribution in [-0.4, -0.2) is 54.5 Å². The molecule has 3 rings (SSSR count). The van der Waals surface area contributed by atoms with Gasteiger partial charge in [0.05, 0.1) is 0 Å². The summed E-state index contributed by atoms with van der Waals surface area (Å²) in [6.07, 6.45) is 7.39. The number of nitrogens with zero attached hydrogens (tertiary/aromatic N) is 2. The monoisotopic (exact) mass is 386 g/mol. The fourth-order valence-electron chi connectivity index (χ4n) is 4.01. The van der Waals surface area contributed by atoms with Crippen LogP contribution in [0, 0.1) is 0 Å². The molecule has 0 bridgehead atoms. The average Bonchev–Trinajstić information content (AvgIpc) is 3.15. The van der Waals surface area contributed by atoms with Crippen LogP contribution in [0.1, 0.15) is 38.5 Å². The molecule has 0 aromatic heterocycles. The molecule has 25 heavy (non-hydrogen) atoms. The summed E-state index contributed by atoms with van der Waals surface area (Å²) in [7, 11) is 1.94. The van der Waals surface area contributed by atoms with E-state index in [1.54, 1.807) is 24.3 Å². The molecule has 1 aromatic rings. The number of likely N-dealkylation sites (N-methyl/N-ethyl adjacent to an activating group) is 1. The van der Waals surface area contributed by atoms with Crippen LogP contribution in [0.3, 0.4) is 0 Å². The molecule has 1 heterocycles. The van der Waals surface area contributed by atoms with E-state index in [9.17, 15) is 4.79 Å². The van der Waals surface area contributed by atoms with E-state index < -0.39 is 0 Å². The number of ether oxygens (including phenoxy) is 1. The zero-order valence-corrected chi connectivity index (χ0v) is 16.4. The lowest BCUT2D eigenvalue weighted by Crippen LogP contribution is -2.53. The van der Waals surface area contributed by atoms with Gasteiger partial charge in [-0.1, -0.05) is 24.4 Å². The van der Waals surface area contributed by atoms with Gasteiger partial charge in [-0.25, -0.2) is 0 Å². The molecule has 2 fully saturated rings. The van der Waals surface area contributed by atoms with Crippen molar-refractivity contribution >= 4 is 29.9 Å². The zero-order chi connectivity index (χ0) is 16.9. The maximum Gasteiger partial charge on any atom is 0.260 e. The Morgan fingerprint density at radius 3 is 2.48 bits per heavy atom. The predicted octanol–water partition coefficient (Wildman–Crippen LogP) is 4.01. The Morgan fingerprint density at radius 2 is 1.80 bits per heavy atom. The second kappa shape index (κ2) is 9.65. The summed E-state index contributed by atoms with van der Waals surface area (Å²) in [6, 6.07) is 7.97. The topological polar surface area (TPSA) is 32.8 Å². The lowest BCUT2D eigenvalue weighted by molar-refractivity contribution is -0.136. The maximum atomic E-state index is 12.6. The van der Waals surface area contributed by atoms with E-state index in [-0.39, 0.29) is 24.9 Å². The average molecular weight is 387 g/mol. The lowest BCUT2D eigenvalue weighted by atomic mass is 9.88. The van der Waals surface area contributed by atoms with Crippen molar-refractivity contribution in [2.75, 3.05) is 26.7 Å². The molecule has 140 valence electrons. The van der Waals surface area contributed by atoms with Crippen molar-refractivity contribution in [2.24, 2.45) is 0 Å². The van der Waals surface area contributed by atoms with Gasteiger partial charge in [0.25, 0.3) is 5.91 Å². The van der Waals surface area contributed by atoms with Crippen molar-refractivity contribution < 1.29 is 9.53 Å². The van der Waals surface area contributed by atoms with Gasteiger partial charge in [-0.3, -0.25) is 9.69 Å². The number of amides is 1. The first kappa shape index (κ1) is 20.3. The Kier molecular flexibility index (Phi) is 7.85. The number of halogens is 2. The second-order valence-corrected chi connectivity index (χ2v) is 7.35. The highest BCUT2D eigenvalue weighted by molar-refractivity contribution is 6.30. The van der Waals surface area contributed by atoms with Crippen LogP contribution < -0.4 is 4.74 Å². The first-order valence-electron chi connectivity index (χ1n) is 9.03. The van der Waals surface area contributed by atoms with E-state index in [1.807, 2.05) is 11.9 Å². The standard InChI is InChI=1S/C19H27ClN2O2.ClH/c1-21(19(23)14-24-16-10-8-15(20)9-11-16)17-6-2-3-7-18(17)22-12-4-5-13-22;/h8-11,17-18H,2-7,12-14H2,1H3;1H/t17-,18-;/m1./s1. The summed E-state index contributed by atoms with van der Waals surface area (Å²) in [6.45, 7) is 2.45. The Bertz CT molecular complexity index is 547. The number of benzene rings is 1. The van der Waals surface area contributed by atoms with Crippen LogP contribution in [0.4, 0.5) is 0 Å². The third kappa shape index (κ3) is 5.25. The molecule has 1 aliphatic carbocycles. The largest absolute Gasteiger partial charge is 0.484 e. The molecule has 0 radical (unpaired) electrons. The fraction of sp³-hybridized carbons (Fsp3) is 0.632. The van der Waals surface area contributed by atoms with Crippen LogP contribution in [0.2, 0.25) is 5.02 Å². The highest BCUT2D eigenvalue weighted by atomic mass is 35.5. The number of hydrogen-bond donors (Lipinski definition) is 0. The number of rotatable bonds is 5. The van der Waals surface area contributed by atoms with Crippen LogP contribution in [0.15, 0.2) is 24.3 Å². The first-order chi connectivity index (χ1) is 11.6. The maximum absolute atomic E-state index is 12.6. The summed E-state index contributed by atoms with van der Waals surface area (Å²) in [5.74, 6) is 0.738. The first-order valence-corrected chi connectivity index (χ1v) is 9.41. The normalized spacial score (nSPS) is 23.8. The zero-order valence-electron chi connectivity index (χ0n) is 14.8. The van der Waals surface area contributed by atoms with Gasteiger partial charge in [-0.2, -0.15) is 0 Å². The molecule has 4 nitrogen and oxygen atoms in total. The molecule has 0 unspecified atom stereocenters. The minimum atomic E-state index is 0. The van der Waals surface area contributed by atoms with E-state index >= 15 is 0 Å². The molecule has 2 atom stereocenters. The summed E-state index contributed by atoms with van der Waals surface area (Å²) >= 11 is 5.87. The van der Waals surface area contributed by atoms with Crippen molar-refractivity contribution in [1.82, 2.24) is 9.80 Å². The molecule has 1 amide bonds. The van der Waals surface area contributed by atoms with E-state index in [2.05, 4.69) is 4.90 Å². The number of carbonyl (C=O) groups excluding carboxylic acids is 1. The van der Waals surface area contributed by atoms with Crippen LogP contribution in [0.25, 0.3) is 0 Å². The molecular weight excluding hydrogens is 359 g/mol. The molecule has 1 saturated heterocycles. The molecule has 1 saturated carbocycles. The van der Waals surface area contributed by atoms with Crippen molar-refractivity contribution in [3.63, 3.8) is 0 Å². The van der Waals surface area contributed by atoms with Crippen molar-refractivity contribution in [3.05, 3.63) is 29.3 Å². The highest BCUT2D eigenvalue weighted by Crippen LogP contribution is 2.29. The third-order valence-corrected chi connectivity index (χ3v) is 5.62. The van der Waals surface area contributed by atoms with Gasteiger partial charge in [-0.05, 0) is 63.0 Å². The fourth-order valence-corrected chi connectivity index (χ4v) is 4.13. The van der Waals surface area contributed by atoms with Gasteiger partial charge < -0.3 is 9.64 Å². The Hall–Kier alpha value is -0.970.